The van der Waals surface area contributed by atoms with Gasteiger partial charge in [0, 0.05) is 16.7 Å². The second-order valence-corrected chi connectivity index (χ2v) is 4.69. The van der Waals surface area contributed by atoms with Crippen LogP contribution in [0.15, 0.2) is 34.9 Å². The van der Waals surface area contributed by atoms with Crippen molar-refractivity contribution in [3.8, 4) is 17.4 Å². The Balaban J connectivity index is 2.33. The van der Waals surface area contributed by atoms with Crippen molar-refractivity contribution in [2.45, 2.75) is 6.92 Å². The summed E-state index contributed by atoms with van der Waals surface area (Å²) < 4.78 is 11.7. The van der Waals surface area contributed by atoms with E-state index in [1.807, 2.05) is 13.0 Å². The molecular weight excluding hydrogens is 296 g/mol. The summed E-state index contributed by atoms with van der Waals surface area (Å²) >= 11 is 3.39. The first kappa shape index (κ1) is 12.7. The number of halogens is 1. The van der Waals surface area contributed by atoms with Crippen molar-refractivity contribution >= 4 is 21.6 Å². The minimum atomic E-state index is 0.501. The van der Waals surface area contributed by atoms with Crippen LogP contribution in [0.3, 0.4) is 0 Å². The summed E-state index contributed by atoms with van der Waals surface area (Å²) in [4.78, 5) is 4.02. The zero-order chi connectivity index (χ0) is 13.1. The molecule has 2 aromatic rings. The fourth-order valence-electron chi connectivity index (χ4n) is 1.58. The molecule has 5 heteroatoms. The predicted octanol–water partition coefficient (Wildman–Crippen LogP) is 3.54. The number of aryl methyl sites for hydroxylation is 1. The lowest BCUT2D eigenvalue weighted by Crippen LogP contribution is -1.96. The van der Waals surface area contributed by atoms with Gasteiger partial charge in [0.1, 0.15) is 5.75 Å². The second-order valence-electron chi connectivity index (χ2n) is 3.78. The van der Waals surface area contributed by atoms with Crippen LogP contribution in [0.1, 0.15) is 5.56 Å². The molecule has 2 rings (SSSR count). The highest BCUT2D eigenvalue weighted by Gasteiger charge is 2.08. The number of methoxy groups -OCH3 is 1. The molecule has 0 aliphatic carbocycles. The molecule has 0 fully saturated rings. The maximum atomic E-state index is 5.94. The lowest BCUT2D eigenvalue weighted by molar-refractivity contribution is 0.392. The van der Waals surface area contributed by atoms with Gasteiger partial charge in [-0.1, -0.05) is 15.9 Å². The summed E-state index contributed by atoms with van der Waals surface area (Å²) in [7, 11) is 1.56. The minimum Gasteiger partial charge on any atom is -0.481 e. The molecule has 4 nitrogen and oxygen atoms in total. The second kappa shape index (κ2) is 5.27. The van der Waals surface area contributed by atoms with Gasteiger partial charge in [0.15, 0.2) is 5.75 Å². The monoisotopic (exact) mass is 308 g/mol. The van der Waals surface area contributed by atoms with Crippen LogP contribution in [-0.2, 0) is 0 Å². The Labute approximate surface area is 114 Å². The van der Waals surface area contributed by atoms with Crippen LogP contribution < -0.4 is 15.2 Å². The normalized spacial score (nSPS) is 10.2. The molecule has 94 valence electrons. The van der Waals surface area contributed by atoms with E-state index in [1.165, 1.54) is 0 Å². The summed E-state index contributed by atoms with van der Waals surface area (Å²) in [6.45, 7) is 1.94. The van der Waals surface area contributed by atoms with Crippen LogP contribution in [0.5, 0.6) is 17.4 Å². The Bertz CT molecular complexity index is 550. The zero-order valence-electron chi connectivity index (χ0n) is 10.1. The standard InChI is InChI=1S/C13H13BrN2O2/c1-8-5-9(14)6-11(15)13(8)18-10-3-4-16-12(7-10)17-2/h3-7H,15H2,1-2H3. The lowest BCUT2D eigenvalue weighted by atomic mass is 10.2. The lowest BCUT2D eigenvalue weighted by Gasteiger charge is -2.12. The van der Waals surface area contributed by atoms with Crippen LogP contribution in [0.25, 0.3) is 0 Å². The van der Waals surface area contributed by atoms with Gasteiger partial charge >= 0.3 is 0 Å². The Morgan fingerprint density at radius 2 is 2.06 bits per heavy atom. The van der Waals surface area contributed by atoms with Gasteiger partial charge in [-0.15, -0.1) is 0 Å². The molecule has 0 spiro atoms. The van der Waals surface area contributed by atoms with Gasteiger partial charge in [0.2, 0.25) is 5.88 Å². The number of nitrogens with zero attached hydrogens (tertiary/aromatic N) is 1. The molecule has 0 amide bonds. The Morgan fingerprint density at radius 3 is 2.72 bits per heavy atom. The molecule has 1 aromatic carbocycles. The number of aromatic nitrogens is 1. The average molecular weight is 309 g/mol. The molecule has 0 aliphatic rings. The SMILES string of the molecule is COc1cc(Oc2c(C)cc(Br)cc2N)ccn1. The minimum absolute atomic E-state index is 0.501. The van der Waals surface area contributed by atoms with Crippen molar-refractivity contribution in [3.05, 3.63) is 40.5 Å². The highest BCUT2D eigenvalue weighted by molar-refractivity contribution is 9.10. The number of ether oxygens (including phenoxy) is 2. The number of anilines is 1. The van der Waals surface area contributed by atoms with Crippen molar-refractivity contribution in [3.63, 3.8) is 0 Å². The van der Waals surface area contributed by atoms with Crippen molar-refractivity contribution in [2.75, 3.05) is 12.8 Å². The number of hydrogen-bond acceptors (Lipinski definition) is 4. The molecule has 0 saturated heterocycles. The molecule has 0 aliphatic heterocycles. The highest BCUT2D eigenvalue weighted by Crippen LogP contribution is 2.34. The Morgan fingerprint density at radius 1 is 1.28 bits per heavy atom. The fourth-order valence-corrected chi connectivity index (χ4v) is 2.17. The van der Waals surface area contributed by atoms with E-state index in [1.54, 1.807) is 31.5 Å². The van der Waals surface area contributed by atoms with Crippen LogP contribution in [-0.4, -0.2) is 12.1 Å². The number of benzene rings is 1. The molecule has 0 saturated carbocycles. The molecule has 2 N–H and O–H groups in total. The average Bonchev–Trinajstić information content (AvgIpc) is 2.34. The summed E-state index contributed by atoms with van der Waals surface area (Å²) in [5.74, 6) is 1.78. The summed E-state index contributed by atoms with van der Waals surface area (Å²) in [5, 5.41) is 0. The van der Waals surface area contributed by atoms with E-state index in [9.17, 15) is 0 Å². The van der Waals surface area contributed by atoms with Crippen LogP contribution in [0, 0.1) is 6.92 Å². The largest absolute Gasteiger partial charge is 0.481 e. The third-order valence-corrected chi connectivity index (χ3v) is 2.86. The van der Waals surface area contributed by atoms with E-state index in [0.29, 0.717) is 23.1 Å². The summed E-state index contributed by atoms with van der Waals surface area (Å²) in [6.07, 6.45) is 1.62. The molecule has 0 radical (unpaired) electrons. The van der Waals surface area contributed by atoms with Crippen LogP contribution in [0.2, 0.25) is 0 Å². The predicted molar refractivity (Wildman–Crippen MR) is 74.2 cm³/mol. The number of pyridine rings is 1. The van der Waals surface area contributed by atoms with E-state index in [-0.39, 0.29) is 0 Å². The van der Waals surface area contributed by atoms with Crippen LogP contribution >= 0.6 is 15.9 Å². The maximum Gasteiger partial charge on any atom is 0.216 e. The Kier molecular flexibility index (Phi) is 3.72. The van der Waals surface area contributed by atoms with E-state index >= 15 is 0 Å². The van der Waals surface area contributed by atoms with Gasteiger partial charge < -0.3 is 15.2 Å². The molecular formula is C13H13BrN2O2. The topological polar surface area (TPSA) is 57.4 Å². The molecule has 0 bridgehead atoms. The van der Waals surface area contributed by atoms with Crippen molar-refractivity contribution in [1.29, 1.82) is 0 Å². The van der Waals surface area contributed by atoms with E-state index in [4.69, 9.17) is 15.2 Å². The first-order chi connectivity index (χ1) is 8.60. The van der Waals surface area contributed by atoms with Gasteiger partial charge in [-0.05, 0) is 30.7 Å². The van der Waals surface area contributed by atoms with Gasteiger partial charge in [0.25, 0.3) is 0 Å². The van der Waals surface area contributed by atoms with E-state index < -0.39 is 0 Å². The molecule has 18 heavy (non-hydrogen) atoms. The molecule has 0 atom stereocenters. The maximum absolute atomic E-state index is 5.94. The van der Waals surface area contributed by atoms with Gasteiger partial charge in [-0.25, -0.2) is 4.98 Å². The van der Waals surface area contributed by atoms with E-state index in [0.717, 1.165) is 10.0 Å². The smallest absolute Gasteiger partial charge is 0.216 e. The number of nitrogen functional groups attached to an aromatic ring is 1. The number of rotatable bonds is 3. The summed E-state index contributed by atoms with van der Waals surface area (Å²) in [6, 6.07) is 7.22. The van der Waals surface area contributed by atoms with Gasteiger partial charge in [-0.2, -0.15) is 0 Å². The third-order valence-electron chi connectivity index (χ3n) is 2.40. The molecule has 0 unspecified atom stereocenters. The van der Waals surface area contributed by atoms with Crippen LogP contribution in [0.4, 0.5) is 5.69 Å². The van der Waals surface area contributed by atoms with Crippen molar-refractivity contribution in [2.24, 2.45) is 0 Å². The molecule has 1 heterocycles. The Hall–Kier alpha value is -1.75. The zero-order valence-corrected chi connectivity index (χ0v) is 11.7. The third kappa shape index (κ3) is 2.73. The first-order valence-corrected chi connectivity index (χ1v) is 6.13. The van der Waals surface area contributed by atoms with Crippen molar-refractivity contribution < 1.29 is 9.47 Å². The van der Waals surface area contributed by atoms with Crippen molar-refractivity contribution in [1.82, 2.24) is 4.98 Å². The fraction of sp³-hybridized carbons (Fsp3) is 0.154. The van der Waals surface area contributed by atoms with E-state index in [2.05, 4.69) is 20.9 Å². The molecule has 1 aromatic heterocycles. The number of nitrogens with two attached hydrogens (primary N) is 1. The highest BCUT2D eigenvalue weighted by atomic mass is 79.9. The van der Waals surface area contributed by atoms with Gasteiger partial charge in [0.05, 0.1) is 12.8 Å². The quantitative estimate of drug-likeness (QED) is 0.881. The number of hydrogen-bond donors (Lipinski definition) is 1. The first-order valence-electron chi connectivity index (χ1n) is 5.33. The summed E-state index contributed by atoms with van der Waals surface area (Å²) in [5.41, 5.74) is 7.48. The van der Waals surface area contributed by atoms with Gasteiger partial charge in [-0.3, -0.25) is 0 Å².